The van der Waals surface area contributed by atoms with E-state index in [1.165, 1.54) is 0 Å². The van der Waals surface area contributed by atoms with Crippen LogP contribution in [-0.4, -0.2) is 20.1 Å². The lowest BCUT2D eigenvalue weighted by Crippen LogP contribution is -2.21. The number of rotatable bonds is 3. The first kappa shape index (κ1) is 13.2. The van der Waals surface area contributed by atoms with E-state index in [2.05, 4.69) is 6.58 Å². The summed E-state index contributed by atoms with van der Waals surface area (Å²) in [5, 5.41) is 0. The summed E-state index contributed by atoms with van der Waals surface area (Å²) in [6, 6.07) is 12.7. The number of anilines is 1. The lowest BCUT2D eigenvalue weighted by atomic mass is 10.1. The Hall–Kier alpha value is -2.75. The van der Waals surface area contributed by atoms with Crippen LogP contribution < -0.4 is 14.4 Å². The average molecular weight is 281 g/mol. The molecule has 0 N–H and O–H groups in total. The van der Waals surface area contributed by atoms with Crippen LogP contribution in [0.4, 0.5) is 5.69 Å². The van der Waals surface area contributed by atoms with Gasteiger partial charge in [0.15, 0.2) is 0 Å². The number of amides is 1. The number of hydrogen-bond donors (Lipinski definition) is 0. The number of nitrogens with zero attached hydrogens (tertiary/aromatic N) is 1. The van der Waals surface area contributed by atoms with Crippen molar-refractivity contribution in [1.29, 1.82) is 0 Å². The standard InChI is InChI=1S/C17H15NO3/c1-11-15-9-8-14(21-3)10-16(15)17(19)18(11)12-4-6-13(20-2)7-5-12/h4-10H,1H2,2-3H3. The Balaban J connectivity index is 2.02. The SMILES string of the molecule is C=C1c2ccc(OC)cc2C(=O)N1c1ccc(OC)cc1. The summed E-state index contributed by atoms with van der Waals surface area (Å²) in [6.45, 7) is 4.03. The summed E-state index contributed by atoms with van der Waals surface area (Å²) in [5.41, 5.74) is 2.87. The van der Waals surface area contributed by atoms with Gasteiger partial charge in [-0.25, -0.2) is 0 Å². The van der Waals surface area contributed by atoms with Crippen molar-refractivity contribution in [2.45, 2.75) is 0 Å². The van der Waals surface area contributed by atoms with E-state index >= 15 is 0 Å². The smallest absolute Gasteiger partial charge is 0.263 e. The summed E-state index contributed by atoms with van der Waals surface area (Å²) >= 11 is 0. The maximum Gasteiger partial charge on any atom is 0.263 e. The van der Waals surface area contributed by atoms with Crippen molar-refractivity contribution in [1.82, 2.24) is 0 Å². The van der Waals surface area contributed by atoms with E-state index in [4.69, 9.17) is 9.47 Å². The van der Waals surface area contributed by atoms with Crippen molar-refractivity contribution in [3.05, 3.63) is 60.2 Å². The van der Waals surface area contributed by atoms with Gasteiger partial charge >= 0.3 is 0 Å². The van der Waals surface area contributed by atoms with Crippen LogP contribution in [0.3, 0.4) is 0 Å². The minimum Gasteiger partial charge on any atom is -0.497 e. The molecule has 0 radical (unpaired) electrons. The van der Waals surface area contributed by atoms with E-state index in [1.807, 2.05) is 36.4 Å². The van der Waals surface area contributed by atoms with Gasteiger partial charge in [0.1, 0.15) is 11.5 Å². The van der Waals surface area contributed by atoms with E-state index in [0.717, 1.165) is 17.0 Å². The third kappa shape index (κ3) is 2.05. The zero-order valence-electron chi connectivity index (χ0n) is 11.9. The minimum atomic E-state index is -0.0981. The number of carbonyl (C=O) groups is 1. The number of carbonyl (C=O) groups excluding carboxylic acids is 1. The van der Waals surface area contributed by atoms with Crippen LogP contribution in [0.2, 0.25) is 0 Å². The van der Waals surface area contributed by atoms with Crippen LogP contribution in [0.1, 0.15) is 15.9 Å². The first-order valence-electron chi connectivity index (χ1n) is 6.51. The molecule has 4 nitrogen and oxygen atoms in total. The highest BCUT2D eigenvalue weighted by Gasteiger charge is 2.32. The molecule has 0 aromatic heterocycles. The molecule has 1 amide bonds. The molecule has 0 spiro atoms. The molecule has 0 unspecified atom stereocenters. The number of hydrogen-bond acceptors (Lipinski definition) is 3. The van der Waals surface area contributed by atoms with E-state index in [0.29, 0.717) is 17.0 Å². The molecule has 0 saturated carbocycles. The lowest BCUT2D eigenvalue weighted by molar-refractivity contribution is 0.101. The molecule has 0 fully saturated rings. The molecule has 0 saturated heterocycles. The van der Waals surface area contributed by atoms with E-state index in [1.54, 1.807) is 25.2 Å². The van der Waals surface area contributed by atoms with Crippen LogP contribution in [0.15, 0.2) is 49.0 Å². The van der Waals surface area contributed by atoms with Gasteiger partial charge in [-0.1, -0.05) is 6.58 Å². The number of fused-ring (bicyclic) bond motifs is 1. The quantitative estimate of drug-likeness (QED) is 0.866. The Morgan fingerprint density at radius 1 is 0.905 bits per heavy atom. The van der Waals surface area contributed by atoms with E-state index in [9.17, 15) is 4.79 Å². The van der Waals surface area contributed by atoms with Crippen LogP contribution in [0.5, 0.6) is 11.5 Å². The Labute approximate surface area is 123 Å². The third-order valence-corrected chi connectivity index (χ3v) is 3.57. The average Bonchev–Trinajstić information content (AvgIpc) is 2.78. The molecule has 106 valence electrons. The summed E-state index contributed by atoms with van der Waals surface area (Å²) in [6.07, 6.45) is 0. The Morgan fingerprint density at radius 3 is 2.14 bits per heavy atom. The molecule has 21 heavy (non-hydrogen) atoms. The molecule has 1 heterocycles. The number of ether oxygens (including phenoxy) is 2. The van der Waals surface area contributed by atoms with Gasteiger partial charge in [0, 0.05) is 11.3 Å². The molecule has 1 aliphatic heterocycles. The molecule has 0 atom stereocenters. The van der Waals surface area contributed by atoms with Crippen molar-refractivity contribution < 1.29 is 14.3 Å². The van der Waals surface area contributed by atoms with Crippen molar-refractivity contribution >= 4 is 17.3 Å². The van der Waals surface area contributed by atoms with Gasteiger partial charge in [0.25, 0.3) is 5.91 Å². The fraction of sp³-hybridized carbons (Fsp3) is 0.118. The summed E-state index contributed by atoms with van der Waals surface area (Å²) < 4.78 is 10.3. The van der Waals surface area contributed by atoms with Crippen molar-refractivity contribution in [3.8, 4) is 11.5 Å². The zero-order chi connectivity index (χ0) is 15.0. The molecule has 2 aromatic rings. The van der Waals surface area contributed by atoms with Crippen molar-refractivity contribution in [2.24, 2.45) is 0 Å². The fourth-order valence-corrected chi connectivity index (χ4v) is 2.45. The second kappa shape index (κ2) is 4.98. The zero-order valence-corrected chi connectivity index (χ0v) is 11.9. The van der Waals surface area contributed by atoms with E-state index in [-0.39, 0.29) is 5.91 Å². The fourth-order valence-electron chi connectivity index (χ4n) is 2.45. The normalized spacial score (nSPS) is 13.3. The topological polar surface area (TPSA) is 38.8 Å². The van der Waals surface area contributed by atoms with Gasteiger partial charge < -0.3 is 9.47 Å². The van der Waals surface area contributed by atoms with Gasteiger partial charge in [0.2, 0.25) is 0 Å². The van der Waals surface area contributed by atoms with Crippen LogP contribution in [-0.2, 0) is 0 Å². The first-order valence-corrected chi connectivity index (χ1v) is 6.51. The number of methoxy groups -OCH3 is 2. The Morgan fingerprint density at radius 2 is 1.52 bits per heavy atom. The molecular formula is C17H15NO3. The van der Waals surface area contributed by atoms with Gasteiger partial charge in [-0.15, -0.1) is 0 Å². The van der Waals surface area contributed by atoms with Gasteiger partial charge in [-0.05, 0) is 42.5 Å². The highest BCUT2D eigenvalue weighted by molar-refractivity contribution is 6.22. The summed E-state index contributed by atoms with van der Waals surface area (Å²) in [4.78, 5) is 14.2. The highest BCUT2D eigenvalue weighted by atomic mass is 16.5. The summed E-state index contributed by atoms with van der Waals surface area (Å²) in [7, 11) is 3.19. The lowest BCUT2D eigenvalue weighted by Gasteiger charge is -2.17. The van der Waals surface area contributed by atoms with Crippen molar-refractivity contribution in [3.63, 3.8) is 0 Å². The largest absolute Gasteiger partial charge is 0.497 e. The van der Waals surface area contributed by atoms with Gasteiger partial charge in [-0.3, -0.25) is 9.69 Å². The Kier molecular flexibility index (Phi) is 3.14. The predicted molar refractivity (Wildman–Crippen MR) is 81.8 cm³/mol. The molecule has 3 rings (SSSR count). The molecule has 4 heteroatoms. The van der Waals surface area contributed by atoms with Crippen LogP contribution in [0.25, 0.3) is 5.70 Å². The van der Waals surface area contributed by atoms with Gasteiger partial charge in [-0.2, -0.15) is 0 Å². The maximum absolute atomic E-state index is 12.6. The molecular weight excluding hydrogens is 266 g/mol. The second-order valence-corrected chi connectivity index (χ2v) is 4.70. The molecule has 2 aromatic carbocycles. The minimum absolute atomic E-state index is 0.0981. The first-order chi connectivity index (χ1) is 10.2. The summed E-state index contributed by atoms with van der Waals surface area (Å²) in [5.74, 6) is 1.31. The highest BCUT2D eigenvalue weighted by Crippen LogP contribution is 2.37. The molecule has 0 aliphatic carbocycles. The van der Waals surface area contributed by atoms with Gasteiger partial charge in [0.05, 0.1) is 25.5 Å². The Bertz CT molecular complexity index is 719. The van der Waals surface area contributed by atoms with E-state index < -0.39 is 0 Å². The van der Waals surface area contributed by atoms with Crippen LogP contribution in [0, 0.1) is 0 Å². The maximum atomic E-state index is 12.6. The molecule has 1 aliphatic rings. The molecule has 0 bridgehead atoms. The monoisotopic (exact) mass is 281 g/mol. The predicted octanol–water partition coefficient (Wildman–Crippen LogP) is 3.33. The third-order valence-electron chi connectivity index (χ3n) is 3.57. The van der Waals surface area contributed by atoms with Crippen LogP contribution >= 0.6 is 0 Å². The second-order valence-electron chi connectivity index (χ2n) is 4.70. The van der Waals surface area contributed by atoms with Crippen molar-refractivity contribution in [2.75, 3.05) is 19.1 Å². The number of benzene rings is 2.